The Kier molecular flexibility index (Phi) is 4.89. The molecule has 0 saturated carbocycles. The molecule has 0 atom stereocenters. The fraction of sp³-hybridized carbons (Fsp3) is 0.375. The number of rotatable bonds is 5. The average Bonchev–Trinajstić information content (AvgIpc) is 3.00. The molecule has 2 N–H and O–H groups in total. The highest BCUT2D eigenvalue weighted by Crippen LogP contribution is 2.23. The van der Waals surface area contributed by atoms with E-state index >= 15 is 0 Å². The zero-order valence-electron chi connectivity index (χ0n) is 13.5. The van der Waals surface area contributed by atoms with Gasteiger partial charge in [-0.3, -0.25) is 9.89 Å². The molecule has 6 nitrogen and oxygen atoms in total. The molecule has 0 aliphatic carbocycles. The first-order valence-electron chi connectivity index (χ1n) is 7.31. The van der Waals surface area contributed by atoms with Gasteiger partial charge in [0.15, 0.2) is 9.84 Å². The Morgan fingerprint density at radius 1 is 1.17 bits per heavy atom. The van der Waals surface area contributed by atoms with Gasteiger partial charge < -0.3 is 5.32 Å². The molecule has 0 saturated heterocycles. The number of nitrogens with one attached hydrogen (secondary N) is 2. The lowest BCUT2D eigenvalue weighted by molar-refractivity contribution is 0.0951. The van der Waals surface area contributed by atoms with E-state index in [0.717, 1.165) is 5.56 Å². The first-order chi connectivity index (χ1) is 10.7. The zero-order valence-corrected chi connectivity index (χ0v) is 14.3. The fourth-order valence-corrected chi connectivity index (χ4v) is 3.21. The maximum atomic E-state index is 12.3. The molecule has 124 valence electrons. The molecule has 0 fully saturated rings. The van der Waals surface area contributed by atoms with Crippen molar-refractivity contribution in [3.05, 3.63) is 47.8 Å². The molecule has 0 aliphatic heterocycles. The quantitative estimate of drug-likeness (QED) is 0.873. The molecule has 23 heavy (non-hydrogen) atoms. The second-order valence-corrected chi connectivity index (χ2v) is 8.43. The SMILES string of the molecule is CC(C)(C)c1ccc(S(=O)(=O)CCNC(=O)c2ccn[nH]2)cc1. The molecule has 0 radical (unpaired) electrons. The summed E-state index contributed by atoms with van der Waals surface area (Å²) >= 11 is 0. The molecular formula is C16H21N3O3S. The number of H-pyrrole nitrogens is 1. The molecule has 0 unspecified atom stereocenters. The zero-order chi connectivity index (χ0) is 17.1. The number of aromatic nitrogens is 2. The molecule has 0 bridgehead atoms. The van der Waals surface area contributed by atoms with E-state index in [1.165, 1.54) is 12.3 Å². The normalized spacial score (nSPS) is 12.1. The summed E-state index contributed by atoms with van der Waals surface area (Å²) < 4.78 is 24.6. The predicted octanol–water partition coefficient (Wildman–Crippen LogP) is 1.91. The van der Waals surface area contributed by atoms with Crippen molar-refractivity contribution in [3.63, 3.8) is 0 Å². The van der Waals surface area contributed by atoms with Gasteiger partial charge in [-0.2, -0.15) is 5.10 Å². The highest BCUT2D eigenvalue weighted by molar-refractivity contribution is 7.91. The average molecular weight is 335 g/mol. The van der Waals surface area contributed by atoms with Crippen LogP contribution < -0.4 is 5.32 Å². The third-order valence-corrected chi connectivity index (χ3v) is 5.21. The smallest absolute Gasteiger partial charge is 0.269 e. The van der Waals surface area contributed by atoms with E-state index in [9.17, 15) is 13.2 Å². The summed E-state index contributed by atoms with van der Waals surface area (Å²) in [6, 6.07) is 8.42. The highest BCUT2D eigenvalue weighted by atomic mass is 32.2. The van der Waals surface area contributed by atoms with Crippen molar-refractivity contribution in [1.29, 1.82) is 0 Å². The summed E-state index contributed by atoms with van der Waals surface area (Å²) in [7, 11) is -3.43. The lowest BCUT2D eigenvalue weighted by atomic mass is 9.87. The van der Waals surface area contributed by atoms with Crippen molar-refractivity contribution in [1.82, 2.24) is 15.5 Å². The van der Waals surface area contributed by atoms with Gasteiger partial charge in [-0.25, -0.2) is 8.42 Å². The number of carbonyl (C=O) groups is 1. The number of hydrogen-bond acceptors (Lipinski definition) is 4. The van der Waals surface area contributed by atoms with Crippen LogP contribution in [0.2, 0.25) is 0 Å². The van der Waals surface area contributed by atoms with E-state index < -0.39 is 9.84 Å². The van der Waals surface area contributed by atoms with Crippen LogP contribution in [0, 0.1) is 0 Å². The second kappa shape index (κ2) is 6.54. The van der Waals surface area contributed by atoms with Gasteiger partial charge in [0, 0.05) is 12.7 Å². The number of sulfone groups is 1. The number of nitrogens with zero attached hydrogens (tertiary/aromatic N) is 1. The molecule has 2 aromatic rings. The van der Waals surface area contributed by atoms with E-state index in [0.29, 0.717) is 5.69 Å². The van der Waals surface area contributed by atoms with Gasteiger partial charge in [0.05, 0.1) is 10.6 Å². The Labute approximate surface area is 136 Å². The van der Waals surface area contributed by atoms with Crippen LogP contribution in [0.4, 0.5) is 0 Å². The minimum atomic E-state index is -3.43. The summed E-state index contributed by atoms with van der Waals surface area (Å²) in [5.74, 6) is -0.525. The van der Waals surface area contributed by atoms with Crippen LogP contribution in [-0.2, 0) is 15.3 Å². The molecule has 2 rings (SSSR count). The van der Waals surface area contributed by atoms with Crippen LogP contribution in [0.25, 0.3) is 0 Å². The van der Waals surface area contributed by atoms with Crippen LogP contribution in [0.1, 0.15) is 36.8 Å². The molecule has 1 aromatic carbocycles. The fourth-order valence-electron chi connectivity index (χ4n) is 2.06. The third kappa shape index (κ3) is 4.41. The van der Waals surface area contributed by atoms with Crippen LogP contribution in [0.15, 0.2) is 41.4 Å². The lowest BCUT2D eigenvalue weighted by Gasteiger charge is -2.19. The Hall–Kier alpha value is -2.15. The number of carbonyl (C=O) groups excluding carboxylic acids is 1. The minimum Gasteiger partial charge on any atom is -0.350 e. The van der Waals surface area contributed by atoms with Crippen molar-refractivity contribution in [2.45, 2.75) is 31.1 Å². The summed E-state index contributed by atoms with van der Waals surface area (Å²) in [6.07, 6.45) is 1.46. The molecule has 1 aromatic heterocycles. The van der Waals surface area contributed by atoms with Crippen LogP contribution in [0.5, 0.6) is 0 Å². The van der Waals surface area contributed by atoms with E-state index in [4.69, 9.17) is 0 Å². The predicted molar refractivity (Wildman–Crippen MR) is 88.1 cm³/mol. The van der Waals surface area contributed by atoms with Crippen molar-refractivity contribution in [2.24, 2.45) is 0 Å². The molecule has 1 amide bonds. The number of hydrogen-bond donors (Lipinski definition) is 2. The molecule has 0 spiro atoms. The monoisotopic (exact) mass is 335 g/mol. The van der Waals surface area contributed by atoms with Crippen LogP contribution in [0.3, 0.4) is 0 Å². The van der Waals surface area contributed by atoms with E-state index in [-0.39, 0.29) is 28.5 Å². The number of aromatic amines is 1. The summed E-state index contributed by atoms with van der Waals surface area (Å²) in [6.45, 7) is 6.26. The standard InChI is InChI=1S/C16H21N3O3S/c1-16(2,3)12-4-6-13(7-5-12)23(21,22)11-10-17-15(20)14-8-9-18-19-14/h4-9H,10-11H2,1-3H3,(H,17,20)(H,18,19). The Balaban J connectivity index is 1.98. The lowest BCUT2D eigenvalue weighted by Crippen LogP contribution is -2.29. The van der Waals surface area contributed by atoms with Gasteiger partial charge in [-0.1, -0.05) is 32.9 Å². The number of amides is 1. The van der Waals surface area contributed by atoms with Crippen molar-refractivity contribution in [3.8, 4) is 0 Å². The van der Waals surface area contributed by atoms with Gasteiger partial charge in [0.1, 0.15) is 5.69 Å². The van der Waals surface area contributed by atoms with Gasteiger partial charge in [0.2, 0.25) is 0 Å². The van der Waals surface area contributed by atoms with Crippen LogP contribution in [-0.4, -0.2) is 36.8 Å². The molecule has 7 heteroatoms. The topological polar surface area (TPSA) is 91.9 Å². The maximum Gasteiger partial charge on any atom is 0.269 e. The molecule has 1 heterocycles. The molecular weight excluding hydrogens is 314 g/mol. The summed E-state index contributed by atoms with van der Waals surface area (Å²) in [5, 5.41) is 8.75. The van der Waals surface area contributed by atoms with Crippen molar-refractivity contribution >= 4 is 15.7 Å². The third-order valence-electron chi connectivity index (χ3n) is 3.48. The summed E-state index contributed by atoms with van der Waals surface area (Å²) in [5.41, 5.74) is 1.35. The minimum absolute atomic E-state index is 0.0274. The Bertz CT molecular complexity index is 758. The second-order valence-electron chi connectivity index (χ2n) is 6.32. The maximum absolute atomic E-state index is 12.3. The first kappa shape index (κ1) is 17.2. The van der Waals surface area contributed by atoms with Gasteiger partial charge in [-0.15, -0.1) is 0 Å². The van der Waals surface area contributed by atoms with Gasteiger partial charge in [0.25, 0.3) is 5.91 Å². The first-order valence-corrected chi connectivity index (χ1v) is 8.96. The van der Waals surface area contributed by atoms with Crippen molar-refractivity contribution < 1.29 is 13.2 Å². The van der Waals surface area contributed by atoms with E-state index in [1.807, 2.05) is 12.1 Å². The van der Waals surface area contributed by atoms with E-state index in [1.54, 1.807) is 12.1 Å². The molecule has 0 aliphatic rings. The number of benzene rings is 1. The van der Waals surface area contributed by atoms with Crippen molar-refractivity contribution in [2.75, 3.05) is 12.3 Å². The van der Waals surface area contributed by atoms with Gasteiger partial charge >= 0.3 is 0 Å². The van der Waals surface area contributed by atoms with Gasteiger partial charge in [-0.05, 0) is 29.2 Å². The van der Waals surface area contributed by atoms with E-state index in [2.05, 4.69) is 36.3 Å². The summed E-state index contributed by atoms with van der Waals surface area (Å²) in [4.78, 5) is 12.0. The largest absolute Gasteiger partial charge is 0.350 e. The Morgan fingerprint density at radius 2 is 1.83 bits per heavy atom. The Morgan fingerprint density at radius 3 is 2.35 bits per heavy atom. The highest BCUT2D eigenvalue weighted by Gasteiger charge is 2.18. The van der Waals surface area contributed by atoms with Crippen LogP contribution >= 0.6 is 0 Å².